The molecule has 0 bridgehead atoms. The smallest absolute Gasteiger partial charge is 0.0633 e. The first-order valence-electron chi connectivity index (χ1n) is 8.02. The molecule has 1 aliphatic heterocycles. The summed E-state index contributed by atoms with van der Waals surface area (Å²) >= 11 is 1.75. The molecule has 3 heteroatoms. The van der Waals surface area contributed by atoms with Crippen LogP contribution in [0.3, 0.4) is 0 Å². The molecule has 0 atom stereocenters. The monoisotopic (exact) mass is 332 g/mol. The highest BCUT2D eigenvalue weighted by molar-refractivity contribution is 8.08. The van der Waals surface area contributed by atoms with Gasteiger partial charge in [-0.3, -0.25) is 9.98 Å². The third-order valence-electron chi connectivity index (χ3n) is 3.65. The summed E-state index contributed by atoms with van der Waals surface area (Å²) in [7, 11) is 0. The number of hydrogen-bond acceptors (Lipinski definition) is 3. The quantitative estimate of drug-likeness (QED) is 0.588. The maximum Gasteiger partial charge on any atom is 0.0633 e. The van der Waals surface area contributed by atoms with Crippen LogP contribution in [0.15, 0.2) is 92.6 Å². The summed E-state index contributed by atoms with van der Waals surface area (Å²) in [5, 5.41) is 0. The maximum atomic E-state index is 4.72. The molecule has 0 saturated heterocycles. The van der Waals surface area contributed by atoms with Crippen molar-refractivity contribution in [3.05, 3.63) is 82.6 Å². The number of hydrogen-bond donors (Lipinski definition) is 0. The van der Waals surface area contributed by atoms with Crippen molar-refractivity contribution in [2.24, 2.45) is 9.98 Å². The van der Waals surface area contributed by atoms with Crippen molar-refractivity contribution in [2.75, 3.05) is 0 Å². The Morgan fingerprint density at radius 3 is 1.54 bits per heavy atom. The van der Waals surface area contributed by atoms with Gasteiger partial charge in [0, 0.05) is 9.81 Å². The Balaban J connectivity index is 1.75. The van der Waals surface area contributed by atoms with Gasteiger partial charge in [0.25, 0.3) is 0 Å². The molecular formula is C21H20N2S. The molecule has 0 aliphatic carbocycles. The number of allylic oxidation sites excluding steroid dienone is 4. The Morgan fingerprint density at radius 1 is 0.708 bits per heavy atom. The van der Waals surface area contributed by atoms with Crippen LogP contribution in [-0.2, 0) is 0 Å². The molecule has 0 N–H and O–H groups in total. The van der Waals surface area contributed by atoms with E-state index >= 15 is 0 Å². The van der Waals surface area contributed by atoms with Crippen molar-refractivity contribution in [1.82, 2.24) is 0 Å². The molecule has 0 amide bonds. The third kappa shape index (κ3) is 4.33. The van der Waals surface area contributed by atoms with Crippen LogP contribution in [0.25, 0.3) is 0 Å². The molecule has 0 aromatic heterocycles. The lowest BCUT2D eigenvalue weighted by molar-refractivity contribution is 1.36. The van der Waals surface area contributed by atoms with Crippen molar-refractivity contribution in [3.63, 3.8) is 0 Å². The Labute approximate surface area is 147 Å². The van der Waals surface area contributed by atoms with Crippen LogP contribution in [0.2, 0.25) is 0 Å². The lowest BCUT2D eigenvalue weighted by atomic mass is 10.2. The zero-order valence-corrected chi connectivity index (χ0v) is 14.8. The number of para-hydroxylation sites is 2. The fourth-order valence-corrected chi connectivity index (χ4v) is 3.40. The second-order valence-corrected chi connectivity index (χ2v) is 6.62. The van der Waals surface area contributed by atoms with E-state index in [1.165, 1.54) is 9.81 Å². The van der Waals surface area contributed by atoms with E-state index in [0.29, 0.717) is 0 Å². The molecule has 2 aromatic rings. The molecule has 1 heterocycles. The van der Waals surface area contributed by atoms with Crippen molar-refractivity contribution in [3.8, 4) is 0 Å². The minimum atomic E-state index is 0.918. The number of thioether (sulfide) groups is 1. The minimum absolute atomic E-state index is 0.918. The Kier molecular flexibility index (Phi) is 5.44. The number of rotatable bonds is 4. The standard InChI is InChI=1S/C21H20N2S/c1-16(22-18-10-5-3-6-11-18)20-14-9-15-21(24-20)17(2)23-19-12-7-4-8-13-19/h3-8,10-15H,9H2,1-2H3. The molecule has 120 valence electrons. The van der Waals surface area contributed by atoms with Gasteiger partial charge in [-0.1, -0.05) is 60.3 Å². The van der Waals surface area contributed by atoms with Crippen LogP contribution in [0.1, 0.15) is 20.3 Å². The molecular weight excluding hydrogens is 312 g/mol. The first kappa shape index (κ1) is 16.5. The average molecular weight is 332 g/mol. The van der Waals surface area contributed by atoms with Gasteiger partial charge in [0.2, 0.25) is 0 Å². The van der Waals surface area contributed by atoms with Gasteiger partial charge in [-0.15, -0.1) is 0 Å². The summed E-state index contributed by atoms with van der Waals surface area (Å²) < 4.78 is 0. The topological polar surface area (TPSA) is 24.7 Å². The third-order valence-corrected chi connectivity index (χ3v) is 5.01. The van der Waals surface area contributed by atoms with Crippen LogP contribution in [0, 0.1) is 0 Å². The van der Waals surface area contributed by atoms with Crippen LogP contribution in [-0.4, -0.2) is 11.4 Å². The summed E-state index contributed by atoms with van der Waals surface area (Å²) in [4.78, 5) is 11.9. The molecule has 0 saturated carbocycles. The largest absolute Gasteiger partial charge is 0.253 e. The fourth-order valence-electron chi connectivity index (χ4n) is 2.42. The summed E-state index contributed by atoms with van der Waals surface area (Å²) in [6.45, 7) is 4.14. The highest BCUT2D eigenvalue weighted by Gasteiger charge is 2.13. The summed E-state index contributed by atoms with van der Waals surface area (Å²) in [6.07, 6.45) is 5.37. The van der Waals surface area contributed by atoms with E-state index < -0.39 is 0 Å². The van der Waals surface area contributed by atoms with Gasteiger partial charge in [-0.25, -0.2) is 0 Å². The summed E-state index contributed by atoms with van der Waals surface area (Å²) in [5.41, 5.74) is 4.07. The molecule has 2 nitrogen and oxygen atoms in total. The zero-order valence-electron chi connectivity index (χ0n) is 13.9. The van der Waals surface area contributed by atoms with E-state index in [-0.39, 0.29) is 0 Å². The fraction of sp³-hybridized carbons (Fsp3) is 0.143. The van der Waals surface area contributed by atoms with Gasteiger partial charge in [0.05, 0.1) is 22.8 Å². The van der Waals surface area contributed by atoms with Gasteiger partial charge in [-0.2, -0.15) is 0 Å². The second-order valence-electron chi connectivity index (χ2n) is 5.54. The number of aliphatic imine (C=N–C) groups is 2. The van der Waals surface area contributed by atoms with Crippen molar-refractivity contribution >= 4 is 34.6 Å². The van der Waals surface area contributed by atoms with E-state index in [0.717, 1.165) is 29.2 Å². The van der Waals surface area contributed by atoms with E-state index in [1.807, 2.05) is 60.7 Å². The van der Waals surface area contributed by atoms with E-state index in [1.54, 1.807) is 11.8 Å². The summed E-state index contributed by atoms with van der Waals surface area (Å²) in [5.74, 6) is 0. The van der Waals surface area contributed by atoms with Crippen LogP contribution in [0.5, 0.6) is 0 Å². The van der Waals surface area contributed by atoms with E-state index in [9.17, 15) is 0 Å². The lowest BCUT2D eigenvalue weighted by Crippen LogP contribution is -2.02. The van der Waals surface area contributed by atoms with Crippen LogP contribution < -0.4 is 0 Å². The van der Waals surface area contributed by atoms with Gasteiger partial charge in [-0.05, 0) is 44.5 Å². The Morgan fingerprint density at radius 2 is 1.12 bits per heavy atom. The number of nitrogens with zero attached hydrogens (tertiary/aromatic N) is 2. The number of benzene rings is 2. The average Bonchev–Trinajstić information content (AvgIpc) is 2.63. The Bertz CT molecular complexity index is 746. The molecule has 24 heavy (non-hydrogen) atoms. The maximum absolute atomic E-state index is 4.72. The van der Waals surface area contributed by atoms with Crippen LogP contribution >= 0.6 is 11.8 Å². The molecule has 3 rings (SSSR count). The summed E-state index contributed by atoms with van der Waals surface area (Å²) in [6, 6.07) is 20.2. The molecule has 0 spiro atoms. The first-order chi connectivity index (χ1) is 11.7. The van der Waals surface area contributed by atoms with E-state index in [4.69, 9.17) is 9.98 Å². The highest BCUT2D eigenvalue weighted by atomic mass is 32.2. The van der Waals surface area contributed by atoms with Crippen LogP contribution in [0.4, 0.5) is 11.4 Å². The molecule has 1 aliphatic rings. The molecule has 0 fully saturated rings. The molecule has 0 radical (unpaired) electrons. The van der Waals surface area contributed by atoms with E-state index in [2.05, 4.69) is 26.0 Å². The van der Waals surface area contributed by atoms with Gasteiger partial charge < -0.3 is 0 Å². The van der Waals surface area contributed by atoms with Gasteiger partial charge in [0.15, 0.2) is 0 Å². The zero-order chi connectivity index (χ0) is 16.8. The van der Waals surface area contributed by atoms with Crippen molar-refractivity contribution in [1.29, 1.82) is 0 Å². The SMILES string of the molecule is CC(=Nc1ccccc1)C1=CCC=C(C(C)=Nc2ccccc2)S1. The van der Waals surface area contributed by atoms with Crippen molar-refractivity contribution < 1.29 is 0 Å². The minimum Gasteiger partial charge on any atom is -0.253 e. The molecule has 2 aromatic carbocycles. The predicted molar refractivity (Wildman–Crippen MR) is 107 cm³/mol. The van der Waals surface area contributed by atoms with Gasteiger partial charge >= 0.3 is 0 Å². The Hall–Kier alpha value is -2.39. The van der Waals surface area contributed by atoms with Gasteiger partial charge in [0.1, 0.15) is 0 Å². The second kappa shape index (κ2) is 7.93. The predicted octanol–water partition coefficient (Wildman–Crippen LogP) is 6.48. The highest BCUT2D eigenvalue weighted by Crippen LogP contribution is 2.33. The van der Waals surface area contributed by atoms with Crippen molar-refractivity contribution in [2.45, 2.75) is 20.3 Å². The first-order valence-corrected chi connectivity index (χ1v) is 8.83. The normalized spacial score (nSPS) is 15.8. The molecule has 0 unspecified atom stereocenters. The lowest BCUT2D eigenvalue weighted by Gasteiger charge is -2.14.